The van der Waals surface area contributed by atoms with Gasteiger partial charge in [-0.15, -0.1) is 0 Å². The van der Waals surface area contributed by atoms with Crippen LogP contribution in [0.3, 0.4) is 0 Å². The molecule has 0 saturated carbocycles. The van der Waals surface area contributed by atoms with Gasteiger partial charge < -0.3 is 16.0 Å². The minimum atomic E-state index is -0.366. The van der Waals surface area contributed by atoms with Crippen molar-refractivity contribution in [2.45, 2.75) is 25.7 Å². The number of aromatic nitrogens is 1. The van der Waals surface area contributed by atoms with Crippen LogP contribution >= 0.6 is 0 Å². The van der Waals surface area contributed by atoms with Crippen molar-refractivity contribution in [3.05, 3.63) is 22.9 Å². The molecule has 0 bridgehead atoms. The van der Waals surface area contributed by atoms with E-state index in [4.69, 9.17) is 10.7 Å². The molecule has 0 spiro atoms. The predicted molar refractivity (Wildman–Crippen MR) is 74.5 cm³/mol. The van der Waals surface area contributed by atoms with E-state index in [1.165, 1.54) is 5.56 Å². The molecule has 0 unspecified atom stereocenters. The number of nitrogens with zero attached hydrogens (tertiary/aromatic N) is 2. The number of anilines is 1. The maximum Gasteiger partial charge on any atom is 0.252 e. The number of hydrogen-bond acceptors (Lipinski definition) is 4. The number of carbonyl (C=O) groups excluding carboxylic acids is 1. The Morgan fingerprint density at radius 3 is 3.00 bits per heavy atom. The first-order valence-corrected chi connectivity index (χ1v) is 7.04. The van der Waals surface area contributed by atoms with E-state index < -0.39 is 0 Å². The molecule has 102 valence electrons. The molecule has 3 rings (SSSR count). The summed E-state index contributed by atoms with van der Waals surface area (Å²) in [7, 11) is 0. The first-order chi connectivity index (χ1) is 9.25. The fraction of sp³-hybridized carbons (Fsp3) is 0.571. The van der Waals surface area contributed by atoms with Gasteiger partial charge in [0.1, 0.15) is 5.82 Å². The molecule has 0 radical (unpaired) electrons. The predicted octanol–water partition coefficient (Wildman–Crippen LogP) is 0.469. The van der Waals surface area contributed by atoms with E-state index in [1.807, 2.05) is 6.07 Å². The van der Waals surface area contributed by atoms with E-state index in [2.05, 4.69) is 10.2 Å². The van der Waals surface area contributed by atoms with Crippen molar-refractivity contribution in [2.75, 3.05) is 31.1 Å². The Morgan fingerprint density at radius 1 is 1.26 bits per heavy atom. The Balaban J connectivity index is 2.00. The molecule has 3 N–H and O–H groups in total. The second kappa shape index (κ2) is 5.17. The van der Waals surface area contributed by atoms with Crippen molar-refractivity contribution in [2.24, 2.45) is 5.73 Å². The molecule has 0 aromatic carbocycles. The van der Waals surface area contributed by atoms with Gasteiger partial charge in [-0.25, -0.2) is 4.98 Å². The molecular formula is C14H20N4O. The number of amides is 1. The van der Waals surface area contributed by atoms with Gasteiger partial charge in [0, 0.05) is 25.3 Å². The number of aryl methyl sites for hydroxylation is 2. The highest BCUT2D eigenvalue weighted by Gasteiger charge is 2.22. The fourth-order valence-electron chi connectivity index (χ4n) is 2.94. The van der Waals surface area contributed by atoms with E-state index in [1.54, 1.807) is 0 Å². The molecule has 1 fully saturated rings. The van der Waals surface area contributed by atoms with Gasteiger partial charge in [-0.3, -0.25) is 4.79 Å². The number of nitrogens with one attached hydrogen (secondary N) is 1. The maximum atomic E-state index is 11.7. The van der Waals surface area contributed by atoms with Crippen LogP contribution in [0.2, 0.25) is 0 Å². The van der Waals surface area contributed by atoms with Crippen molar-refractivity contribution >= 4 is 11.7 Å². The summed E-state index contributed by atoms with van der Waals surface area (Å²) >= 11 is 0. The summed E-state index contributed by atoms with van der Waals surface area (Å²) in [5, 5.41) is 3.36. The average Bonchev–Trinajstić information content (AvgIpc) is 2.69. The van der Waals surface area contributed by atoms with Crippen molar-refractivity contribution in [1.82, 2.24) is 10.3 Å². The molecule has 2 aliphatic rings. The zero-order chi connectivity index (χ0) is 13.2. The quantitative estimate of drug-likeness (QED) is 0.811. The van der Waals surface area contributed by atoms with E-state index in [0.717, 1.165) is 63.4 Å². The van der Waals surface area contributed by atoms with Crippen LogP contribution in [0, 0.1) is 0 Å². The Hall–Kier alpha value is -1.62. The molecule has 5 nitrogen and oxygen atoms in total. The summed E-state index contributed by atoms with van der Waals surface area (Å²) < 4.78 is 0. The molecule has 1 aliphatic carbocycles. The topological polar surface area (TPSA) is 71.2 Å². The van der Waals surface area contributed by atoms with E-state index >= 15 is 0 Å². The Bertz CT molecular complexity index is 492. The maximum absolute atomic E-state index is 11.7. The lowest BCUT2D eigenvalue weighted by molar-refractivity contribution is 0.100. The zero-order valence-corrected chi connectivity index (χ0v) is 11.1. The normalized spacial score (nSPS) is 19.1. The number of nitrogens with two attached hydrogens (primary N) is 1. The third-order valence-electron chi connectivity index (χ3n) is 3.94. The molecule has 1 amide bonds. The second-order valence-electron chi connectivity index (χ2n) is 5.27. The van der Waals surface area contributed by atoms with E-state index in [0.29, 0.717) is 5.56 Å². The van der Waals surface area contributed by atoms with Crippen LogP contribution in [0.1, 0.15) is 34.5 Å². The largest absolute Gasteiger partial charge is 0.365 e. The highest BCUT2D eigenvalue weighted by atomic mass is 16.1. The van der Waals surface area contributed by atoms with Gasteiger partial charge in [0.15, 0.2) is 0 Å². The Kier molecular flexibility index (Phi) is 3.38. The third kappa shape index (κ3) is 2.42. The summed E-state index contributed by atoms with van der Waals surface area (Å²) in [6, 6.07) is 1.96. The lowest BCUT2D eigenvalue weighted by Gasteiger charge is -2.24. The number of rotatable bonds is 2. The van der Waals surface area contributed by atoms with E-state index in [-0.39, 0.29) is 5.91 Å². The molecule has 0 atom stereocenters. The molecule has 1 saturated heterocycles. The minimum Gasteiger partial charge on any atom is -0.365 e. The van der Waals surface area contributed by atoms with Gasteiger partial charge in [-0.2, -0.15) is 0 Å². The number of carbonyl (C=O) groups is 1. The summed E-state index contributed by atoms with van der Waals surface area (Å²) in [5.74, 6) is 0.422. The van der Waals surface area contributed by atoms with Crippen molar-refractivity contribution in [3.63, 3.8) is 0 Å². The number of pyridine rings is 1. The Morgan fingerprint density at radius 2 is 2.16 bits per heavy atom. The van der Waals surface area contributed by atoms with Crippen LogP contribution < -0.4 is 16.0 Å². The standard InChI is InChI=1S/C14H20N4O/c15-13(19)11-9-10-3-1-4-12(10)17-14(11)18-7-2-5-16-6-8-18/h9,16H,1-8H2,(H2,15,19). The lowest BCUT2D eigenvalue weighted by atomic mass is 10.1. The summed E-state index contributed by atoms with van der Waals surface area (Å²) in [6.07, 6.45) is 4.24. The van der Waals surface area contributed by atoms with Crippen LogP contribution in [-0.2, 0) is 12.8 Å². The molecule has 5 heteroatoms. The van der Waals surface area contributed by atoms with Crippen LogP contribution in [0.15, 0.2) is 6.07 Å². The monoisotopic (exact) mass is 260 g/mol. The summed E-state index contributed by atoms with van der Waals surface area (Å²) in [6.45, 7) is 3.76. The molecular weight excluding hydrogens is 240 g/mol. The number of fused-ring (bicyclic) bond motifs is 1. The Labute approximate surface area is 113 Å². The average molecular weight is 260 g/mol. The van der Waals surface area contributed by atoms with Crippen LogP contribution in [0.4, 0.5) is 5.82 Å². The summed E-state index contributed by atoms with van der Waals surface area (Å²) in [4.78, 5) is 18.6. The van der Waals surface area contributed by atoms with Crippen LogP contribution in [-0.4, -0.2) is 37.1 Å². The second-order valence-corrected chi connectivity index (χ2v) is 5.27. The molecule has 1 aromatic rings. The first kappa shape index (κ1) is 12.4. The van der Waals surface area contributed by atoms with Gasteiger partial charge in [0.25, 0.3) is 5.91 Å². The zero-order valence-electron chi connectivity index (χ0n) is 11.1. The SMILES string of the molecule is NC(=O)c1cc2c(nc1N1CCCNCC1)CCC2. The molecule has 1 aromatic heterocycles. The highest BCUT2D eigenvalue weighted by Crippen LogP contribution is 2.27. The lowest BCUT2D eigenvalue weighted by Crippen LogP contribution is -2.31. The van der Waals surface area contributed by atoms with Crippen LogP contribution in [0.5, 0.6) is 0 Å². The van der Waals surface area contributed by atoms with Gasteiger partial charge >= 0.3 is 0 Å². The highest BCUT2D eigenvalue weighted by molar-refractivity contribution is 5.98. The first-order valence-electron chi connectivity index (χ1n) is 7.04. The van der Waals surface area contributed by atoms with Gasteiger partial charge in [0.2, 0.25) is 0 Å². The van der Waals surface area contributed by atoms with Crippen LogP contribution in [0.25, 0.3) is 0 Å². The van der Waals surface area contributed by atoms with Gasteiger partial charge in [-0.1, -0.05) is 0 Å². The number of primary amides is 1. The molecule has 2 heterocycles. The molecule has 1 aliphatic heterocycles. The number of hydrogen-bond donors (Lipinski definition) is 2. The van der Waals surface area contributed by atoms with Crippen molar-refractivity contribution in [1.29, 1.82) is 0 Å². The molecule has 19 heavy (non-hydrogen) atoms. The van der Waals surface area contributed by atoms with E-state index in [9.17, 15) is 4.79 Å². The van der Waals surface area contributed by atoms with Gasteiger partial charge in [-0.05, 0) is 43.9 Å². The fourth-order valence-corrected chi connectivity index (χ4v) is 2.94. The van der Waals surface area contributed by atoms with Gasteiger partial charge in [0.05, 0.1) is 5.56 Å². The van der Waals surface area contributed by atoms with Crippen molar-refractivity contribution in [3.8, 4) is 0 Å². The smallest absolute Gasteiger partial charge is 0.252 e. The minimum absolute atomic E-state index is 0.366. The third-order valence-corrected chi connectivity index (χ3v) is 3.94. The van der Waals surface area contributed by atoms with Crippen molar-refractivity contribution < 1.29 is 4.79 Å². The summed E-state index contributed by atoms with van der Waals surface area (Å²) in [5.41, 5.74) is 8.47.